The minimum absolute atomic E-state index is 0.0197. The van der Waals surface area contributed by atoms with Gasteiger partial charge in [0.05, 0.1) is 19.3 Å². The van der Waals surface area contributed by atoms with E-state index in [2.05, 4.69) is 9.88 Å². The van der Waals surface area contributed by atoms with Crippen molar-refractivity contribution >= 4 is 22.2 Å². The van der Waals surface area contributed by atoms with Crippen LogP contribution in [0.25, 0.3) is 10.9 Å². The highest BCUT2D eigenvalue weighted by atomic mass is 32.1. The van der Waals surface area contributed by atoms with Gasteiger partial charge in [-0.05, 0) is 49.9 Å². The largest absolute Gasteiger partial charge is 0.479 e. The number of hydrogen-bond acceptors (Lipinski definition) is 4. The van der Waals surface area contributed by atoms with E-state index in [0.29, 0.717) is 12.8 Å². The first-order chi connectivity index (χ1) is 16.3. The van der Waals surface area contributed by atoms with Crippen LogP contribution >= 0.6 is 11.3 Å². The number of hydrogen-bond donors (Lipinski definition) is 1. The lowest BCUT2D eigenvalue weighted by atomic mass is 9.91. The predicted molar refractivity (Wildman–Crippen MR) is 126 cm³/mol. The molecule has 0 unspecified atom stereocenters. The number of aromatic amines is 1. The highest BCUT2D eigenvalue weighted by Crippen LogP contribution is 2.45. The summed E-state index contributed by atoms with van der Waals surface area (Å²) in [4.78, 5) is 8.02. The first-order valence-corrected chi connectivity index (χ1v) is 12.6. The lowest BCUT2D eigenvalue weighted by molar-refractivity contribution is -0.155. The maximum atomic E-state index is 13.6. The van der Waals surface area contributed by atoms with Gasteiger partial charge >= 0.3 is 6.18 Å². The van der Waals surface area contributed by atoms with Crippen molar-refractivity contribution in [2.75, 3.05) is 32.9 Å². The number of alkyl halides is 4. The highest BCUT2D eigenvalue weighted by Gasteiger charge is 2.42. The fourth-order valence-corrected chi connectivity index (χ4v) is 6.41. The number of benzene rings is 1. The molecule has 1 N–H and O–H groups in total. The zero-order valence-electron chi connectivity index (χ0n) is 19.1. The van der Waals surface area contributed by atoms with Crippen LogP contribution in [0.5, 0.6) is 5.06 Å². The predicted octanol–water partition coefficient (Wildman–Crippen LogP) is 5.94. The molecule has 1 aromatic carbocycles. The SMILES string of the molecule is C[C@@H]1Cc2c([nH]c3ccccc23)[C@@H](c2ccc(O[C@@H]3CCN(CCCF)C3)s2)N1CC(F)(F)F. The number of halogens is 4. The monoisotopic (exact) mass is 495 g/mol. The molecule has 9 heteroatoms. The van der Waals surface area contributed by atoms with E-state index in [4.69, 9.17) is 4.74 Å². The van der Waals surface area contributed by atoms with Crippen molar-refractivity contribution in [3.05, 3.63) is 52.5 Å². The van der Waals surface area contributed by atoms with E-state index in [1.54, 1.807) is 4.90 Å². The Kier molecular flexibility index (Phi) is 6.61. The molecule has 2 aromatic heterocycles. The first kappa shape index (κ1) is 23.6. The molecule has 4 nitrogen and oxygen atoms in total. The van der Waals surface area contributed by atoms with Crippen molar-refractivity contribution in [1.29, 1.82) is 0 Å². The Morgan fingerprint density at radius 2 is 2.00 bits per heavy atom. The molecule has 0 spiro atoms. The van der Waals surface area contributed by atoms with Crippen molar-refractivity contribution in [2.45, 2.75) is 50.6 Å². The molecule has 184 valence electrons. The van der Waals surface area contributed by atoms with Crippen LogP contribution in [0.1, 0.15) is 41.9 Å². The number of thiophene rings is 1. The molecule has 1 saturated heterocycles. The van der Waals surface area contributed by atoms with Crippen molar-refractivity contribution in [3.8, 4) is 5.06 Å². The number of ether oxygens (including phenoxy) is 1. The number of H-pyrrole nitrogens is 1. The number of likely N-dealkylation sites (tertiary alicyclic amines) is 1. The van der Waals surface area contributed by atoms with Crippen LogP contribution < -0.4 is 4.74 Å². The van der Waals surface area contributed by atoms with Crippen molar-refractivity contribution in [2.24, 2.45) is 0 Å². The molecule has 4 heterocycles. The van der Waals surface area contributed by atoms with Gasteiger partial charge in [-0.15, -0.1) is 11.3 Å². The summed E-state index contributed by atoms with van der Waals surface area (Å²) in [6.45, 7) is 2.94. The van der Waals surface area contributed by atoms with Crippen LogP contribution in [0.15, 0.2) is 36.4 Å². The molecule has 34 heavy (non-hydrogen) atoms. The third kappa shape index (κ3) is 4.83. The number of nitrogens with zero attached hydrogens (tertiary/aromatic N) is 2. The van der Waals surface area contributed by atoms with E-state index in [1.807, 2.05) is 43.3 Å². The molecule has 0 saturated carbocycles. The second-order valence-corrected chi connectivity index (χ2v) is 10.4. The van der Waals surface area contributed by atoms with Crippen LogP contribution in [-0.2, 0) is 6.42 Å². The Hall–Kier alpha value is -2.10. The summed E-state index contributed by atoms with van der Waals surface area (Å²) < 4.78 is 59.4. The average Bonchev–Trinajstić information content (AvgIpc) is 3.51. The molecule has 1 fully saturated rings. The second-order valence-electron chi connectivity index (χ2n) is 9.33. The van der Waals surface area contributed by atoms with Gasteiger partial charge in [-0.1, -0.05) is 18.2 Å². The standard InChI is InChI=1S/C25H29F4N3OS/c1-16-13-19-18-5-2-3-6-20(18)30-23(19)24(32(16)15-25(27,28)29)21-7-8-22(34-21)33-17-9-12-31(14-17)11-4-10-26/h2-3,5-8,16-17,24,30H,4,9-15H2,1H3/t16-,17-,24-/m1/s1. The Balaban J connectivity index is 1.43. The number of para-hydroxylation sites is 1. The summed E-state index contributed by atoms with van der Waals surface area (Å²) in [5.74, 6) is 0. The molecule has 3 aromatic rings. The Morgan fingerprint density at radius 3 is 2.79 bits per heavy atom. The minimum Gasteiger partial charge on any atom is -0.479 e. The van der Waals surface area contributed by atoms with Crippen molar-refractivity contribution in [3.63, 3.8) is 0 Å². The van der Waals surface area contributed by atoms with Crippen LogP contribution in [0.2, 0.25) is 0 Å². The van der Waals surface area contributed by atoms with Crippen LogP contribution in [0, 0.1) is 0 Å². The van der Waals surface area contributed by atoms with Gasteiger partial charge < -0.3 is 9.72 Å². The maximum absolute atomic E-state index is 13.6. The van der Waals surface area contributed by atoms with Gasteiger partial charge in [0.2, 0.25) is 0 Å². The molecule has 3 atom stereocenters. The summed E-state index contributed by atoms with van der Waals surface area (Å²) >= 11 is 1.42. The number of rotatable bonds is 7. The zero-order chi connectivity index (χ0) is 23.9. The van der Waals surface area contributed by atoms with Gasteiger partial charge in [0.25, 0.3) is 0 Å². The summed E-state index contributed by atoms with van der Waals surface area (Å²) in [5, 5.41) is 1.79. The number of fused-ring (bicyclic) bond motifs is 3. The molecule has 2 aliphatic rings. The fourth-order valence-electron chi connectivity index (χ4n) is 5.36. The van der Waals surface area contributed by atoms with Crippen LogP contribution in [-0.4, -0.2) is 66.0 Å². The minimum atomic E-state index is -4.29. The number of aromatic nitrogens is 1. The van der Waals surface area contributed by atoms with E-state index >= 15 is 0 Å². The summed E-state index contributed by atoms with van der Waals surface area (Å²) in [6.07, 6.45) is -2.31. The van der Waals surface area contributed by atoms with Gasteiger partial charge in [-0.25, -0.2) is 0 Å². The lowest BCUT2D eigenvalue weighted by Gasteiger charge is -2.40. The fraction of sp³-hybridized carbons (Fsp3) is 0.520. The van der Waals surface area contributed by atoms with E-state index in [1.165, 1.54) is 11.3 Å². The van der Waals surface area contributed by atoms with Crippen LogP contribution in [0.4, 0.5) is 17.6 Å². The quantitative estimate of drug-likeness (QED) is 0.412. The maximum Gasteiger partial charge on any atom is 0.401 e. The van der Waals surface area contributed by atoms with Crippen LogP contribution in [0.3, 0.4) is 0 Å². The second kappa shape index (κ2) is 9.51. The highest BCUT2D eigenvalue weighted by molar-refractivity contribution is 7.13. The molecule has 0 aliphatic carbocycles. The third-order valence-electron chi connectivity index (χ3n) is 6.87. The molecule has 0 bridgehead atoms. The van der Waals surface area contributed by atoms with Gasteiger partial charge in [0.1, 0.15) is 6.10 Å². The molecular formula is C25H29F4N3OS. The van der Waals surface area contributed by atoms with E-state index in [0.717, 1.165) is 58.2 Å². The Morgan fingerprint density at radius 1 is 1.18 bits per heavy atom. The van der Waals surface area contributed by atoms with E-state index in [9.17, 15) is 17.6 Å². The molecule has 5 rings (SSSR count). The normalized spacial score (nSPS) is 24.1. The summed E-state index contributed by atoms with van der Waals surface area (Å²) in [5.41, 5.74) is 2.89. The van der Waals surface area contributed by atoms with Gasteiger partial charge in [-0.3, -0.25) is 14.2 Å². The van der Waals surface area contributed by atoms with Gasteiger partial charge in [-0.2, -0.15) is 13.2 Å². The number of nitrogens with one attached hydrogen (secondary N) is 1. The first-order valence-electron chi connectivity index (χ1n) is 11.8. The van der Waals surface area contributed by atoms with E-state index < -0.39 is 18.8 Å². The van der Waals surface area contributed by atoms with E-state index in [-0.39, 0.29) is 18.8 Å². The zero-order valence-corrected chi connectivity index (χ0v) is 19.9. The van der Waals surface area contributed by atoms with Gasteiger partial charge in [0.15, 0.2) is 5.06 Å². The third-order valence-corrected chi connectivity index (χ3v) is 7.90. The summed E-state index contributed by atoms with van der Waals surface area (Å²) in [7, 11) is 0. The van der Waals surface area contributed by atoms with Crippen molar-refractivity contribution in [1.82, 2.24) is 14.8 Å². The van der Waals surface area contributed by atoms with Gasteiger partial charge in [0, 0.05) is 47.2 Å². The van der Waals surface area contributed by atoms with Crippen molar-refractivity contribution < 1.29 is 22.3 Å². The smallest absolute Gasteiger partial charge is 0.401 e. The lowest BCUT2D eigenvalue weighted by Crippen LogP contribution is -2.46. The average molecular weight is 496 g/mol. The summed E-state index contributed by atoms with van der Waals surface area (Å²) in [6, 6.07) is 10.9. The molecular weight excluding hydrogens is 466 g/mol. The molecule has 0 radical (unpaired) electrons. The topological polar surface area (TPSA) is 31.5 Å². The Labute approximate surface area is 200 Å². The molecule has 0 amide bonds. The Bertz CT molecular complexity index is 1130. The molecule has 2 aliphatic heterocycles.